The molecule has 0 spiro atoms. The van der Waals surface area contributed by atoms with Gasteiger partial charge in [0.15, 0.2) is 9.84 Å². The molecule has 0 unspecified atom stereocenters. The summed E-state index contributed by atoms with van der Waals surface area (Å²) < 4.78 is 53.3. The highest BCUT2D eigenvalue weighted by atomic mass is 32.2. The fourth-order valence-electron chi connectivity index (χ4n) is 4.55. The van der Waals surface area contributed by atoms with Gasteiger partial charge >= 0.3 is 0 Å². The number of carbonyl (C=O) groups excluding carboxylic acids is 1. The minimum atomic E-state index is -3.64. The molecule has 0 radical (unpaired) electrons. The standard InChI is InChI=1S/C28H25F2N3O3S/c29-24-11-10-23(25(30)17-24)18-32-13-15-33(16-14-32)28(34)22-8-6-20(7-9-22)19-37(35,36)26-5-1-3-21-4-2-12-31-27(21)26/h1-12,17H,13-16,18-19H2. The maximum Gasteiger partial charge on any atom is 0.253 e. The van der Waals surface area contributed by atoms with Crippen LogP contribution in [-0.4, -0.2) is 55.3 Å². The van der Waals surface area contributed by atoms with Crippen LogP contribution in [0.1, 0.15) is 21.5 Å². The Kier molecular flexibility index (Phi) is 6.99. The van der Waals surface area contributed by atoms with Crippen molar-refractivity contribution in [2.24, 2.45) is 0 Å². The van der Waals surface area contributed by atoms with Crippen LogP contribution >= 0.6 is 0 Å². The van der Waals surface area contributed by atoms with E-state index in [1.165, 1.54) is 12.1 Å². The lowest BCUT2D eigenvalue weighted by molar-refractivity contribution is 0.0627. The fourth-order valence-corrected chi connectivity index (χ4v) is 6.09. The van der Waals surface area contributed by atoms with E-state index in [-0.39, 0.29) is 16.6 Å². The van der Waals surface area contributed by atoms with Gasteiger partial charge in [-0.2, -0.15) is 0 Å². The van der Waals surface area contributed by atoms with Crippen LogP contribution in [-0.2, 0) is 22.1 Å². The highest BCUT2D eigenvalue weighted by Gasteiger charge is 2.24. The lowest BCUT2D eigenvalue weighted by Crippen LogP contribution is -2.48. The average Bonchev–Trinajstić information content (AvgIpc) is 2.90. The normalized spacial score (nSPS) is 14.7. The van der Waals surface area contributed by atoms with Gasteiger partial charge < -0.3 is 4.90 Å². The summed E-state index contributed by atoms with van der Waals surface area (Å²) in [4.78, 5) is 21.2. The molecule has 1 aliphatic rings. The number of sulfone groups is 1. The number of aromatic nitrogens is 1. The number of rotatable bonds is 6. The minimum absolute atomic E-state index is 0.139. The molecule has 0 aliphatic carbocycles. The molecular weight excluding hydrogens is 496 g/mol. The van der Waals surface area contributed by atoms with Crippen LogP contribution in [0.25, 0.3) is 10.9 Å². The number of pyridine rings is 1. The van der Waals surface area contributed by atoms with Gasteiger partial charge in [0.05, 0.1) is 16.2 Å². The maximum absolute atomic E-state index is 14.0. The second-order valence-electron chi connectivity index (χ2n) is 9.09. The second kappa shape index (κ2) is 10.4. The topological polar surface area (TPSA) is 70.6 Å². The third-order valence-corrected chi connectivity index (χ3v) is 8.27. The van der Waals surface area contributed by atoms with Crippen LogP contribution in [0.3, 0.4) is 0 Å². The second-order valence-corrected chi connectivity index (χ2v) is 11.0. The zero-order chi connectivity index (χ0) is 26.0. The van der Waals surface area contributed by atoms with Crippen LogP contribution in [0.4, 0.5) is 8.78 Å². The number of halogens is 2. The van der Waals surface area contributed by atoms with Gasteiger partial charge in [-0.1, -0.05) is 36.4 Å². The summed E-state index contributed by atoms with van der Waals surface area (Å²) in [6.07, 6.45) is 1.57. The van der Waals surface area contributed by atoms with Crippen molar-refractivity contribution in [1.82, 2.24) is 14.8 Å². The molecule has 37 heavy (non-hydrogen) atoms. The van der Waals surface area contributed by atoms with Gasteiger partial charge in [0.25, 0.3) is 5.91 Å². The van der Waals surface area contributed by atoms with Crippen LogP contribution in [0.15, 0.2) is 83.9 Å². The fraction of sp³-hybridized carbons (Fsp3) is 0.214. The third kappa shape index (κ3) is 5.52. The number of piperazine rings is 1. The van der Waals surface area contributed by atoms with E-state index < -0.39 is 21.5 Å². The summed E-state index contributed by atoms with van der Waals surface area (Å²) >= 11 is 0. The summed E-state index contributed by atoms with van der Waals surface area (Å²) in [5.41, 5.74) is 1.92. The molecule has 1 saturated heterocycles. The molecule has 1 aromatic heterocycles. The van der Waals surface area contributed by atoms with Crippen molar-refractivity contribution >= 4 is 26.6 Å². The molecule has 6 nitrogen and oxygen atoms in total. The van der Waals surface area contributed by atoms with E-state index in [1.54, 1.807) is 53.6 Å². The molecular formula is C28H25F2N3O3S. The Hall–Kier alpha value is -3.69. The van der Waals surface area contributed by atoms with E-state index in [2.05, 4.69) is 4.98 Å². The molecule has 9 heteroatoms. The Bertz CT molecular complexity index is 1550. The zero-order valence-corrected chi connectivity index (χ0v) is 20.8. The number of fused-ring (bicyclic) bond motifs is 1. The van der Waals surface area contributed by atoms with E-state index in [0.29, 0.717) is 54.9 Å². The monoisotopic (exact) mass is 521 g/mol. The molecule has 2 heterocycles. The predicted octanol–water partition coefficient (Wildman–Crippen LogP) is 4.44. The molecule has 190 valence electrons. The van der Waals surface area contributed by atoms with Crippen molar-refractivity contribution in [3.63, 3.8) is 0 Å². The van der Waals surface area contributed by atoms with Gasteiger partial charge in [-0.3, -0.25) is 14.7 Å². The Balaban J connectivity index is 1.21. The number of benzene rings is 3. The van der Waals surface area contributed by atoms with Crippen molar-refractivity contribution in [1.29, 1.82) is 0 Å². The van der Waals surface area contributed by atoms with Gasteiger partial charge in [-0.05, 0) is 35.9 Å². The van der Waals surface area contributed by atoms with E-state index in [0.717, 1.165) is 11.5 Å². The molecule has 0 saturated carbocycles. The first-order chi connectivity index (χ1) is 17.8. The third-order valence-electron chi connectivity index (χ3n) is 6.56. The lowest BCUT2D eigenvalue weighted by atomic mass is 10.1. The maximum atomic E-state index is 14.0. The van der Waals surface area contributed by atoms with Gasteiger partial charge in [-0.15, -0.1) is 0 Å². The van der Waals surface area contributed by atoms with Gasteiger partial charge in [0.1, 0.15) is 11.6 Å². The molecule has 1 aliphatic heterocycles. The van der Waals surface area contributed by atoms with Crippen LogP contribution in [0, 0.1) is 11.6 Å². The average molecular weight is 522 g/mol. The molecule has 5 rings (SSSR count). The number of carbonyl (C=O) groups is 1. The van der Waals surface area contributed by atoms with Crippen molar-refractivity contribution in [3.8, 4) is 0 Å². The first kappa shape index (κ1) is 25.0. The van der Waals surface area contributed by atoms with Crippen molar-refractivity contribution in [2.45, 2.75) is 17.2 Å². The summed E-state index contributed by atoms with van der Waals surface area (Å²) in [6.45, 7) is 2.44. The minimum Gasteiger partial charge on any atom is -0.336 e. The number of para-hydroxylation sites is 1. The smallest absolute Gasteiger partial charge is 0.253 e. The number of nitrogens with zero attached hydrogens (tertiary/aromatic N) is 3. The summed E-state index contributed by atoms with van der Waals surface area (Å²) in [5.74, 6) is -1.51. The van der Waals surface area contributed by atoms with E-state index >= 15 is 0 Å². The predicted molar refractivity (Wildman–Crippen MR) is 137 cm³/mol. The van der Waals surface area contributed by atoms with Crippen LogP contribution < -0.4 is 0 Å². The van der Waals surface area contributed by atoms with Crippen LogP contribution in [0.2, 0.25) is 0 Å². The van der Waals surface area contributed by atoms with Crippen molar-refractivity contribution in [3.05, 3.63) is 107 Å². The summed E-state index contributed by atoms with van der Waals surface area (Å²) in [6, 6.07) is 18.9. The van der Waals surface area contributed by atoms with E-state index in [1.807, 2.05) is 17.0 Å². The first-order valence-corrected chi connectivity index (χ1v) is 13.6. The molecule has 1 amide bonds. The zero-order valence-electron chi connectivity index (χ0n) is 20.0. The molecule has 0 N–H and O–H groups in total. The number of hydrogen-bond acceptors (Lipinski definition) is 5. The molecule has 4 aromatic rings. The first-order valence-electron chi connectivity index (χ1n) is 11.9. The SMILES string of the molecule is O=C(c1ccc(CS(=O)(=O)c2cccc3cccnc23)cc1)N1CCN(Cc2ccc(F)cc2F)CC1. The molecule has 3 aromatic carbocycles. The Morgan fingerprint density at radius 1 is 0.892 bits per heavy atom. The Labute approximate surface area is 214 Å². The van der Waals surface area contributed by atoms with Crippen molar-refractivity contribution < 1.29 is 22.0 Å². The van der Waals surface area contributed by atoms with E-state index in [4.69, 9.17) is 0 Å². The van der Waals surface area contributed by atoms with Gasteiger partial charge in [0, 0.05) is 61.5 Å². The Morgan fingerprint density at radius 2 is 1.62 bits per heavy atom. The van der Waals surface area contributed by atoms with E-state index in [9.17, 15) is 22.0 Å². The number of amides is 1. The van der Waals surface area contributed by atoms with Gasteiger partial charge in [0.2, 0.25) is 0 Å². The summed E-state index contributed by atoms with van der Waals surface area (Å²) in [7, 11) is -3.64. The summed E-state index contributed by atoms with van der Waals surface area (Å²) in [5, 5.41) is 0.757. The quantitative estimate of drug-likeness (QED) is 0.375. The van der Waals surface area contributed by atoms with Crippen molar-refractivity contribution in [2.75, 3.05) is 26.2 Å². The van der Waals surface area contributed by atoms with Crippen LogP contribution in [0.5, 0.6) is 0 Å². The molecule has 0 bridgehead atoms. The largest absolute Gasteiger partial charge is 0.336 e. The molecule has 1 fully saturated rings. The lowest BCUT2D eigenvalue weighted by Gasteiger charge is -2.34. The highest BCUT2D eigenvalue weighted by molar-refractivity contribution is 7.90. The number of hydrogen-bond donors (Lipinski definition) is 0. The Morgan fingerprint density at radius 3 is 2.35 bits per heavy atom. The highest BCUT2D eigenvalue weighted by Crippen LogP contribution is 2.24. The van der Waals surface area contributed by atoms with Gasteiger partial charge in [-0.25, -0.2) is 17.2 Å². The molecule has 0 atom stereocenters.